The number of hydrogen-bond acceptors (Lipinski definition) is 4. The maximum atomic E-state index is 10.3. The minimum atomic E-state index is -1.37. The first kappa shape index (κ1) is 20.4. The summed E-state index contributed by atoms with van der Waals surface area (Å²) >= 11 is -1.37. The molecule has 0 aromatic carbocycles. The van der Waals surface area contributed by atoms with Crippen LogP contribution in [0, 0.1) is 0 Å². The van der Waals surface area contributed by atoms with Gasteiger partial charge >= 0.3 is 68.6 Å². The molecule has 0 unspecified atom stereocenters. The molecule has 4 nitrogen and oxygen atoms in total. The zero-order valence-corrected chi connectivity index (χ0v) is 10.3. The van der Waals surface area contributed by atoms with E-state index in [-0.39, 0.29) is 0 Å². The summed E-state index contributed by atoms with van der Waals surface area (Å²) < 4.78 is 1.14. The third kappa shape index (κ3) is 8.29. The Balaban J connectivity index is -0.000000245. The van der Waals surface area contributed by atoms with Gasteiger partial charge in [0.1, 0.15) is 0 Å². The SMILES string of the molecule is CC1=[C]([Mn]([Cl])[CH]=O)CC=C1.[C]=O.[C]=O.[C]=O. The van der Waals surface area contributed by atoms with E-state index in [1.807, 2.05) is 19.1 Å². The molecule has 0 N–H and O–H groups in total. The van der Waals surface area contributed by atoms with Gasteiger partial charge < -0.3 is 0 Å². The summed E-state index contributed by atoms with van der Waals surface area (Å²) in [6.07, 6.45) is 4.94. The van der Waals surface area contributed by atoms with E-state index in [2.05, 4.69) is 20.4 Å². The predicted octanol–water partition coefficient (Wildman–Crippen LogP) is 0.991. The molecule has 0 saturated carbocycles. The second-order valence-electron chi connectivity index (χ2n) is 2.05. The van der Waals surface area contributed by atoms with Gasteiger partial charge in [0, 0.05) is 0 Å². The minimum absolute atomic E-state index is 0.875. The summed E-state index contributed by atoms with van der Waals surface area (Å²) in [6.45, 7) is 15.5. The molecule has 1 rings (SSSR count). The first-order chi connectivity index (χ1) is 7.75. The molecule has 0 saturated heterocycles. The Morgan fingerprint density at radius 3 is 1.94 bits per heavy atom. The summed E-state index contributed by atoms with van der Waals surface area (Å²) in [5.41, 5.74) is 1.18. The van der Waals surface area contributed by atoms with E-state index in [0.717, 1.165) is 16.1 Å². The summed E-state index contributed by atoms with van der Waals surface area (Å²) in [6, 6.07) is 0. The van der Waals surface area contributed by atoms with Crippen LogP contribution in [0.4, 0.5) is 0 Å². The molecule has 0 aliphatic heterocycles. The van der Waals surface area contributed by atoms with Gasteiger partial charge in [0.05, 0.1) is 0 Å². The van der Waals surface area contributed by atoms with Gasteiger partial charge in [-0.1, -0.05) is 0 Å². The third-order valence-corrected chi connectivity index (χ3v) is 4.01. The number of carbonyl (C=O) groups excluding carboxylic acids is 4. The van der Waals surface area contributed by atoms with Crippen molar-refractivity contribution in [1.82, 2.24) is 0 Å². The van der Waals surface area contributed by atoms with Gasteiger partial charge in [-0.15, -0.1) is 0 Å². The van der Waals surface area contributed by atoms with Crippen LogP contribution in [0.2, 0.25) is 0 Å². The van der Waals surface area contributed by atoms with Crippen LogP contribution in [-0.4, -0.2) is 25.6 Å². The number of allylic oxidation sites excluding steroid dienone is 4. The molecule has 1 aliphatic rings. The molecular formula is C10H8ClMnO4. The third-order valence-electron chi connectivity index (χ3n) is 1.39. The Hall–Kier alpha value is -1.03. The van der Waals surface area contributed by atoms with Crippen molar-refractivity contribution in [2.75, 3.05) is 0 Å². The van der Waals surface area contributed by atoms with E-state index < -0.39 is 13.0 Å². The van der Waals surface area contributed by atoms with Gasteiger partial charge in [0.25, 0.3) is 20.4 Å². The topological polar surface area (TPSA) is 68.3 Å². The van der Waals surface area contributed by atoms with E-state index in [9.17, 15) is 4.79 Å². The fourth-order valence-corrected chi connectivity index (χ4v) is 2.65. The smallest absolute Gasteiger partial charge is 0.281 e. The Bertz CT molecular complexity index is 248. The normalized spacial score (nSPS) is 12.0. The average molecular weight is 283 g/mol. The van der Waals surface area contributed by atoms with E-state index in [4.69, 9.17) is 24.5 Å². The molecule has 0 bridgehead atoms. The van der Waals surface area contributed by atoms with Crippen molar-refractivity contribution >= 4 is 35.6 Å². The molecule has 6 heteroatoms. The first-order valence-electron chi connectivity index (χ1n) is 3.53. The summed E-state index contributed by atoms with van der Waals surface area (Å²) in [4.78, 5) is 32.8. The van der Waals surface area contributed by atoms with Gasteiger partial charge in [0.15, 0.2) is 0 Å². The average Bonchev–Trinajstić information content (AvgIpc) is 2.82. The molecule has 16 heavy (non-hydrogen) atoms. The summed E-state index contributed by atoms with van der Waals surface area (Å²) in [5, 5.41) is 0.875. The number of carbonyl (C=O) groups is 1. The summed E-state index contributed by atoms with van der Waals surface area (Å²) in [5.74, 6) is 0. The standard InChI is InChI=1S/C6H7.CHO.3CO.ClH.Mn/c1-6-4-2-3-5-6;4*1-2;;/h2,4H,3H2,1H3;1H;;;;1H;/q;;;;;;+1/p-1. The fourth-order valence-electron chi connectivity index (χ4n) is 0.860. The van der Waals surface area contributed by atoms with Crippen LogP contribution in [0.5, 0.6) is 0 Å². The second kappa shape index (κ2) is 16.4. The number of hydrogen-bond donors (Lipinski definition) is 0. The number of rotatable bonds is 2. The number of halogens is 1. The molecule has 0 aromatic heterocycles. The van der Waals surface area contributed by atoms with Crippen molar-refractivity contribution in [3.63, 3.8) is 0 Å². The Labute approximate surface area is 103 Å². The molecule has 0 aromatic rings. The zero-order chi connectivity index (χ0) is 13.6. The Kier molecular flexibility index (Phi) is 20.9. The van der Waals surface area contributed by atoms with Crippen molar-refractivity contribution < 1.29 is 32.2 Å². The maximum absolute atomic E-state index is 10.3. The van der Waals surface area contributed by atoms with Crippen LogP contribution < -0.4 is 0 Å². The molecule has 0 amide bonds. The van der Waals surface area contributed by atoms with Crippen LogP contribution in [0.15, 0.2) is 22.2 Å². The van der Waals surface area contributed by atoms with Crippen LogP contribution >= 0.6 is 10.1 Å². The molecule has 0 heterocycles. The monoisotopic (exact) mass is 282 g/mol. The molecule has 0 fully saturated rings. The summed E-state index contributed by atoms with van der Waals surface area (Å²) in [7, 11) is 5.80. The molecule has 1 aliphatic carbocycles. The minimum Gasteiger partial charge on any atom is -0.281 e. The largest absolute Gasteiger partial charge is 0.281 e. The van der Waals surface area contributed by atoms with E-state index >= 15 is 0 Å². The van der Waals surface area contributed by atoms with Gasteiger partial charge in [0.2, 0.25) is 0 Å². The van der Waals surface area contributed by atoms with Crippen LogP contribution in [0.25, 0.3) is 0 Å². The zero-order valence-electron chi connectivity index (χ0n) is 8.33. The molecule has 6 radical (unpaired) electrons. The van der Waals surface area contributed by atoms with Crippen molar-refractivity contribution in [2.45, 2.75) is 13.3 Å². The Morgan fingerprint density at radius 1 is 1.25 bits per heavy atom. The van der Waals surface area contributed by atoms with Crippen LogP contribution in [-0.2, 0) is 32.2 Å². The van der Waals surface area contributed by atoms with E-state index in [1.54, 1.807) is 0 Å². The van der Waals surface area contributed by atoms with Crippen molar-refractivity contribution in [3.05, 3.63) is 22.2 Å². The predicted molar refractivity (Wildman–Crippen MR) is 56.1 cm³/mol. The van der Waals surface area contributed by atoms with Crippen molar-refractivity contribution in [3.8, 4) is 0 Å². The molecule has 0 spiro atoms. The quantitative estimate of drug-likeness (QED) is 0.559. The van der Waals surface area contributed by atoms with Crippen LogP contribution in [0.1, 0.15) is 13.3 Å². The maximum Gasteiger partial charge on any atom is 0.281 e. The van der Waals surface area contributed by atoms with Gasteiger partial charge in [-0.2, -0.15) is 0 Å². The molecular weight excluding hydrogens is 274 g/mol. The van der Waals surface area contributed by atoms with E-state index in [1.165, 1.54) is 5.57 Å². The van der Waals surface area contributed by atoms with Gasteiger partial charge in [-0.3, -0.25) is 14.4 Å². The van der Waals surface area contributed by atoms with Gasteiger partial charge in [-0.05, 0) is 0 Å². The van der Waals surface area contributed by atoms with E-state index in [0.29, 0.717) is 0 Å². The van der Waals surface area contributed by atoms with Crippen molar-refractivity contribution in [2.24, 2.45) is 0 Å². The second-order valence-corrected chi connectivity index (χ2v) is 5.13. The molecule has 0 atom stereocenters. The van der Waals surface area contributed by atoms with Gasteiger partial charge in [-0.25, -0.2) is 0 Å². The fraction of sp³-hybridized carbons (Fsp3) is 0.200. The molecule has 86 valence electrons. The first-order valence-corrected chi connectivity index (χ1v) is 6.43. The Morgan fingerprint density at radius 2 is 1.69 bits per heavy atom. The van der Waals surface area contributed by atoms with Crippen molar-refractivity contribution in [1.29, 1.82) is 0 Å². The van der Waals surface area contributed by atoms with Crippen LogP contribution in [0.3, 0.4) is 0 Å².